The molecule has 2 aromatic rings. The Morgan fingerprint density at radius 1 is 1.00 bits per heavy atom. The molecule has 92 valence electrons. The number of rotatable bonds is 4. The maximum absolute atomic E-state index is 12.7. The van der Waals surface area contributed by atoms with Gasteiger partial charge in [-0.25, -0.2) is 4.39 Å². The summed E-state index contributed by atoms with van der Waals surface area (Å²) in [4.78, 5) is 0. The Bertz CT molecular complexity index is 508. The van der Waals surface area contributed by atoms with Crippen LogP contribution >= 0.6 is 0 Å². The molecule has 0 aliphatic carbocycles. The molecule has 0 saturated carbocycles. The Morgan fingerprint density at radius 2 is 1.67 bits per heavy atom. The summed E-state index contributed by atoms with van der Waals surface area (Å²) in [5.41, 5.74) is 1.89. The minimum atomic E-state index is -1.08. The highest BCUT2D eigenvalue weighted by atomic mass is 32.2. The normalized spacial score (nSPS) is 12.8. The highest BCUT2D eigenvalue weighted by Gasteiger charge is 2.03. The first-order valence-corrected chi connectivity index (χ1v) is 6.97. The quantitative estimate of drug-likeness (QED) is 0.768. The van der Waals surface area contributed by atoms with Crippen molar-refractivity contribution >= 4 is 17.3 Å². The summed E-state index contributed by atoms with van der Waals surface area (Å²) in [5.74, 6) is 0.133. The molecule has 2 rings (SSSR count). The predicted molar refractivity (Wildman–Crippen MR) is 73.7 cm³/mol. The fourth-order valence-corrected chi connectivity index (χ4v) is 2.44. The van der Waals surface area contributed by atoms with E-state index < -0.39 is 11.2 Å². The summed E-state index contributed by atoms with van der Waals surface area (Å²) in [5, 5.41) is 1.67. The first-order valence-electron chi connectivity index (χ1n) is 5.59. The molecule has 0 spiro atoms. The average molecular weight is 260 g/mol. The van der Waals surface area contributed by atoms with Gasteiger partial charge in [-0.2, -0.15) is 0 Å². The van der Waals surface area contributed by atoms with Gasteiger partial charge in [0.1, 0.15) is 17.0 Å². The largest absolute Gasteiger partial charge is 0.612 e. The van der Waals surface area contributed by atoms with Crippen LogP contribution in [0.3, 0.4) is 0 Å². The minimum Gasteiger partial charge on any atom is -0.612 e. The van der Waals surface area contributed by atoms with Crippen LogP contribution < -0.4 is 0 Å². The molecular formula is C15H13FOS. The number of hydrogen-bond acceptors (Lipinski definition) is 1. The van der Waals surface area contributed by atoms with Gasteiger partial charge in [0, 0.05) is 5.56 Å². The van der Waals surface area contributed by atoms with E-state index in [1.165, 1.54) is 12.1 Å². The van der Waals surface area contributed by atoms with E-state index in [1.807, 2.05) is 36.4 Å². The molecule has 1 nitrogen and oxygen atoms in total. The highest BCUT2D eigenvalue weighted by Crippen LogP contribution is 2.11. The number of halogens is 1. The fourth-order valence-electron chi connectivity index (χ4n) is 1.51. The maximum atomic E-state index is 12.7. The highest BCUT2D eigenvalue weighted by molar-refractivity contribution is 7.93. The van der Waals surface area contributed by atoms with E-state index in [-0.39, 0.29) is 5.82 Å². The van der Waals surface area contributed by atoms with Gasteiger partial charge in [0.05, 0.1) is 0 Å². The summed E-state index contributed by atoms with van der Waals surface area (Å²) in [6.07, 6.45) is 1.83. The van der Waals surface area contributed by atoms with Gasteiger partial charge in [-0.05, 0) is 34.9 Å². The van der Waals surface area contributed by atoms with Crippen molar-refractivity contribution in [2.24, 2.45) is 0 Å². The van der Waals surface area contributed by atoms with E-state index in [9.17, 15) is 8.94 Å². The van der Waals surface area contributed by atoms with Gasteiger partial charge < -0.3 is 4.55 Å². The van der Waals surface area contributed by atoms with E-state index in [2.05, 4.69) is 0 Å². The van der Waals surface area contributed by atoms with Gasteiger partial charge in [0.25, 0.3) is 0 Å². The first-order chi connectivity index (χ1) is 8.74. The van der Waals surface area contributed by atoms with Gasteiger partial charge in [-0.15, -0.1) is 0 Å². The molecule has 0 bridgehead atoms. The van der Waals surface area contributed by atoms with E-state index >= 15 is 0 Å². The summed E-state index contributed by atoms with van der Waals surface area (Å²) >= 11 is -1.08. The zero-order valence-corrected chi connectivity index (χ0v) is 10.6. The van der Waals surface area contributed by atoms with Crippen LogP contribution in [0.5, 0.6) is 0 Å². The van der Waals surface area contributed by atoms with E-state index in [0.29, 0.717) is 5.75 Å². The molecule has 2 aromatic carbocycles. The van der Waals surface area contributed by atoms with Gasteiger partial charge >= 0.3 is 0 Å². The topological polar surface area (TPSA) is 23.1 Å². The second-order valence-corrected chi connectivity index (χ2v) is 5.19. The first kappa shape index (κ1) is 12.9. The molecule has 0 aliphatic heterocycles. The van der Waals surface area contributed by atoms with Gasteiger partial charge in [-0.1, -0.05) is 42.5 Å². The predicted octanol–water partition coefficient (Wildman–Crippen LogP) is 3.75. The van der Waals surface area contributed by atoms with E-state index in [1.54, 1.807) is 17.5 Å². The summed E-state index contributed by atoms with van der Waals surface area (Å²) in [6, 6.07) is 15.8. The van der Waals surface area contributed by atoms with Crippen LogP contribution in [0, 0.1) is 5.82 Å². The van der Waals surface area contributed by atoms with Crippen LogP contribution in [-0.2, 0) is 16.9 Å². The Hall–Kier alpha value is -1.58. The molecular weight excluding hydrogens is 247 g/mol. The van der Waals surface area contributed by atoms with Crippen molar-refractivity contribution in [3.63, 3.8) is 0 Å². The lowest BCUT2D eigenvalue weighted by molar-refractivity contribution is 0.602. The van der Waals surface area contributed by atoms with E-state index in [0.717, 1.165) is 11.1 Å². The Kier molecular flexibility index (Phi) is 4.56. The molecule has 18 heavy (non-hydrogen) atoms. The van der Waals surface area contributed by atoms with Gasteiger partial charge in [-0.3, -0.25) is 0 Å². The van der Waals surface area contributed by atoms with Crippen molar-refractivity contribution in [1.82, 2.24) is 0 Å². The molecule has 1 atom stereocenters. The summed E-state index contributed by atoms with van der Waals surface area (Å²) in [6.45, 7) is 0. The van der Waals surface area contributed by atoms with Crippen molar-refractivity contribution in [3.8, 4) is 0 Å². The lowest BCUT2D eigenvalue weighted by Gasteiger charge is -2.05. The van der Waals surface area contributed by atoms with Crippen LogP contribution in [0.15, 0.2) is 60.0 Å². The smallest absolute Gasteiger partial charge is 0.135 e. The Labute approximate surface area is 109 Å². The molecule has 0 amide bonds. The number of benzene rings is 2. The van der Waals surface area contributed by atoms with Gasteiger partial charge in [0.2, 0.25) is 0 Å². The zero-order chi connectivity index (χ0) is 12.8. The number of hydrogen-bond donors (Lipinski definition) is 0. The Morgan fingerprint density at radius 3 is 2.33 bits per heavy atom. The third-order valence-corrected chi connectivity index (χ3v) is 3.49. The third-order valence-electron chi connectivity index (χ3n) is 2.43. The average Bonchev–Trinajstić information content (AvgIpc) is 2.40. The summed E-state index contributed by atoms with van der Waals surface area (Å²) < 4.78 is 24.5. The van der Waals surface area contributed by atoms with Crippen LogP contribution in [-0.4, -0.2) is 4.55 Å². The molecule has 0 aromatic heterocycles. The van der Waals surface area contributed by atoms with Crippen molar-refractivity contribution < 1.29 is 8.94 Å². The monoisotopic (exact) mass is 260 g/mol. The zero-order valence-electron chi connectivity index (χ0n) is 9.75. The van der Waals surface area contributed by atoms with Crippen LogP contribution in [0.4, 0.5) is 4.39 Å². The molecule has 0 radical (unpaired) electrons. The van der Waals surface area contributed by atoms with Crippen LogP contribution in [0.2, 0.25) is 0 Å². The van der Waals surface area contributed by atoms with Crippen LogP contribution in [0.25, 0.3) is 6.08 Å². The van der Waals surface area contributed by atoms with Crippen LogP contribution in [0.1, 0.15) is 11.1 Å². The summed E-state index contributed by atoms with van der Waals surface area (Å²) in [7, 11) is 0. The molecule has 0 N–H and O–H groups in total. The lowest BCUT2D eigenvalue weighted by atomic mass is 10.2. The fraction of sp³-hybridized carbons (Fsp3) is 0.0667. The van der Waals surface area contributed by atoms with Crippen molar-refractivity contribution in [2.75, 3.05) is 0 Å². The van der Waals surface area contributed by atoms with Crippen molar-refractivity contribution in [3.05, 3.63) is 76.9 Å². The van der Waals surface area contributed by atoms with Crippen molar-refractivity contribution in [2.45, 2.75) is 5.75 Å². The standard InChI is InChI=1S/C15H13FOS/c16-15-8-6-14(7-9-15)12-18(17)11-10-13-4-2-1-3-5-13/h1-11H,12H2. The van der Waals surface area contributed by atoms with E-state index in [4.69, 9.17) is 0 Å². The maximum Gasteiger partial charge on any atom is 0.135 e. The SMILES string of the molecule is [O-][S+](C=Cc1ccccc1)Cc1ccc(F)cc1. The third kappa shape index (κ3) is 4.02. The minimum absolute atomic E-state index is 0.274. The molecule has 0 saturated heterocycles. The van der Waals surface area contributed by atoms with Gasteiger partial charge in [0.15, 0.2) is 0 Å². The van der Waals surface area contributed by atoms with Crippen molar-refractivity contribution in [1.29, 1.82) is 0 Å². The second-order valence-electron chi connectivity index (χ2n) is 3.86. The molecule has 0 aliphatic rings. The second kappa shape index (κ2) is 6.38. The molecule has 1 unspecified atom stereocenters. The molecule has 0 fully saturated rings. The Balaban J connectivity index is 1.94. The molecule has 0 heterocycles. The lowest BCUT2D eigenvalue weighted by Crippen LogP contribution is -1.99. The molecule has 3 heteroatoms.